The quantitative estimate of drug-likeness (QED) is 0.727. The molecule has 0 bridgehead atoms. The Balaban J connectivity index is 2.50. The van der Waals surface area contributed by atoms with Crippen LogP contribution in [-0.4, -0.2) is 19.2 Å². The van der Waals surface area contributed by atoms with Crippen molar-refractivity contribution in [3.63, 3.8) is 0 Å². The third kappa shape index (κ3) is 4.78. The van der Waals surface area contributed by atoms with Crippen LogP contribution in [0.4, 0.5) is 5.69 Å². The highest BCUT2D eigenvalue weighted by Crippen LogP contribution is 2.23. The summed E-state index contributed by atoms with van der Waals surface area (Å²) in [4.78, 5) is 2.06. The molecular weight excluding hydrogens is 210 g/mol. The Morgan fingerprint density at radius 1 is 1.18 bits per heavy atom. The second-order valence-corrected chi connectivity index (χ2v) is 4.85. The molecule has 1 unspecified atom stereocenters. The number of unbranched alkanes of at least 4 members (excludes halogenated alkanes) is 3. The van der Waals surface area contributed by atoms with Gasteiger partial charge in [0.25, 0.3) is 0 Å². The van der Waals surface area contributed by atoms with Crippen molar-refractivity contribution in [3.05, 3.63) is 29.8 Å². The van der Waals surface area contributed by atoms with Crippen LogP contribution in [0, 0.1) is 0 Å². The maximum Gasteiger partial charge on any atom is 0.0790 e. The molecule has 0 radical (unpaired) electrons. The molecule has 0 fully saturated rings. The molecule has 96 valence electrons. The van der Waals surface area contributed by atoms with Crippen molar-refractivity contribution in [2.24, 2.45) is 0 Å². The average molecular weight is 235 g/mol. The van der Waals surface area contributed by atoms with Crippen LogP contribution in [0.3, 0.4) is 0 Å². The Labute approximate surface area is 105 Å². The number of aliphatic hydroxyl groups excluding tert-OH is 1. The lowest BCUT2D eigenvalue weighted by atomic mass is 10.0. The molecule has 0 aromatic heterocycles. The molecule has 1 aromatic rings. The van der Waals surface area contributed by atoms with Crippen molar-refractivity contribution in [1.29, 1.82) is 0 Å². The second-order valence-electron chi connectivity index (χ2n) is 4.85. The van der Waals surface area contributed by atoms with Crippen molar-refractivity contribution in [3.8, 4) is 0 Å². The number of rotatable bonds is 7. The number of hydrogen-bond donors (Lipinski definition) is 1. The van der Waals surface area contributed by atoms with Gasteiger partial charge in [-0.15, -0.1) is 0 Å². The van der Waals surface area contributed by atoms with Crippen LogP contribution in [0.25, 0.3) is 0 Å². The van der Waals surface area contributed by atoms with Gasteiger partial charge in [-0.3, -0.25) is 0 Å². The van der Waals surface area contributed by atoms with Crippen LogP contribution in [0.5, 0.6) is 0 Å². The maximum absolute atomic E-state index is 10.1. The summed E-state index contributed by atoms with van der Waals surface area (Å²) in [5.74, 6) is 0. The van der Waals surface area contributed by atoms with Gasteiger partial charge in [0.05, 0.1) is 6.10 Å². The fourth-order valence-electron chi connectivity index (χ4n) is 1.94. The van der Waals surface area contributed by atoms with Crippen molar-refractivity contribution in [2.75, 3.05) is 19.0 Å². The molecule has 0 aliphatic carbocycles. The minimum Gasteiger partial charge on any atom is -0.388 e. The first-order chi connectivity index (χ1) is 8.15. The summed E-state index contributed by atoms with van der Waals surface area (Å²) in [6.07, 6.45) is 5.40. The van der Waals surface area contributed by atoms with Crippen molar-refractivity contribution in [1.82, 2.24) is 0 Å². The van der Waals surface area contributed by atoms with Gasteiger partial charge < -0.3 is 10.0 Å². The normalized spacial score (nSPS) is 12.5. The van der Waals surface area contributed by atoms with Crippen LogP contribution in [0.2, 0.25) is 0 Å². The van der Waals surface area contributed by atoms with Crippen molar-refractivity contribution < 1.29 is 5.11 Å². The Bertz CT molecular complexity index is 322. The lowest BCUT2D eigenvalue weighted by Crippen LogP contribution is -2.09. The first kappa shape index (κ1) is 14.0. The molecule has 2 nitrogen and oxygen atoms in total. The molecule has 0 amide bonds. The number of nitrogens with zero attached hydrogens (tertiary/aromatic N) is 1. The van der Waals surface area contributed by atoms with E-state index in [9.17, 15) is 5.11 Å². The monoisotopic (exact) mass is 235 g/mol. The zero-order valence-electron chi connectivity index (χ0n) is 11.3. The highest BCUT2D eigenvalue weighted by atomic mass is 16.3. The highest BCUT2D eigenvalue weighted by molar-refractivity contribution is 5.47. The second kappa shape index (κ2) is 7.33. The minimum atomic E-state index is -0.313. The maximum atomic E-state index is 10.1. The molecule has 1 aromatic carbocycles. The highest BCUT2D eigenvalue weighted by Gasteiger charge is 2.08. The molecule has 1 N–H and O–H groups in total. The van der Waals surface area contributed by atoms with Crippen LogP contribution in [0.15, 0.2) is 24.3 Å². The largest absolute Gasteiger partial charge is 0.388 e. The Morgan fingerprint density at radius 2 is 1.94 bits per heavy atom. The molecule has 0 spiro atoms. The van der Waals surface area contributed by atoms with Gasteiger partial charge in [-0.1, -0.05) is 44.7 Å². The standard InChI is InChI=1S/C15H25NO/c1-4-5-6-7-11-15(17)13-9-8-10-14(12-13)16(2)3/h8-10,12,15,17H,4-7,11H2,1-3H3. The predicted octanol–water partition coefficient (Wildman–Crippen LogP) is 3.76. The van der Waals surface area contributed by atoms with E-state index in [2.05, 4.69) is 24.0 Å². The van der Waals surface area contributed by atoms with E-state index in [-0.39, 0.29) is 6.10 Å². The van der Waals surface area contributed by atoms with Crippen LogP contribution in [0.1, 0.15) is 50.7 Å². The number of aliphatic hydroxyl groups is 1. The van der Waals surface area contributed by atoms with E-state index in [0.717, 1.165) is 24.1 Å². The van der Waals surface area contributed by atoms with Gasteiger partial charge in [-0.25, -0.2) is 0 Å². The molecule has 17 heavy (non-hydrogen) atoms. The fraction of sp³-hybridized carbons (Fsp3) is 0.600. The smallest absolute Gasteiger partial charge is 0.0790 e. The summed E-state index contributed by atoms with van der Waals surface area (Å²) in [7, 11) is 4.04. The van der Waals surface area contributed by atoms with E-state index in [1.54, 1.807) is 0 Å². The number of hydrogen-bond acceptors (Lipinski definition) is 2. The predicted molar refractivity (Wildman–Crippen MR) is 74.5 cm³/mol. The van der Waals surface area contributed by atoms with E-state index in [4.69, 9.17) is 0 Å². The molecule has 1 atom stereocenters. The Hall–Kier alpha value is -1.02. The van der Waals surface area contributed by atoms with Gasteiger partial charge in [0.15, 0.2) is 0 Å². The summed E-state index contributed by atoms with van der Waals surface area (Å²) >= 11 is 0. The summed E-state index contributed by atoms with van der Waals surface area (Å²) in [6.45, 7) is 2.21. The van der Waals surface area contributed by atoms with Gasteiger partial charge in [-0.05, 0) is 24.1 Å². The van der Waals surface area contributed by atoms with Gasteiger partial charge in [-0.2, -0.15) is 0 Å². The van der Waals surface area contributed by atoms with Crippen LogP contribution < -0.4 is 4.90 Å². The molecule has 0 saturated carbocycles. The first-order valence-electron chi connectivity index (χ1n) is 6.60. The topological polar surface area (TPSA) is 23.5 Å². The van der Waals surface area contributed by atoms with Crippen molar-refractivity contribution in [2.45, 2.75) is 45.1 Å². The zero-order valence-corrected chi connectivity index (χ0v) is 11.3. The van der Waals surface area contributed by atoms with E-state index < -0.39 is 0 Å². The van der Waals surface area contributed by atoms with Crippen molar-refractivity contribution >= 4 is 5.69 Å². The number of benzene rings is 1. The third-order valence-corrected chi connectivity index (χ3v) is 3.10. The van der Waals surface area contributed by atoms with Gasteiger partial charge in [0.1, 0.15) is 0 Å². The SMILES string of the molecule is CCCCCCC(O)c1cccc(N(C)C)c1. The van der Waals surface area contributed by atoms with E-state index >= 15 is 0 Å². The zero-order chi connectivity index (χ0) is 12.7. The van der Waals surface area contributed by atoms with E-state index in [0.29, 0.717) is 0 Å². The fourth-order valence-corrected chi connectivity index (χ4v) is 1.94. The lowest BCUT2D eigenvalue weighted by molar-refractivity contribution is 0.163. The summed E-state index contributed by atoms with van der Waals surface area (Å²) < 4.78 is 0. The molecule has 0 heterocycles. The van der Waals surface area contributed by atoms with Gasteiger partial charge >= 0.3 is 0 Å². The third-order valence-electron chi connectivity index (χ3n) is 3.10. The lowest BCUT2D eigenvalue weighted by Gasteiger charge is -2.16. The molecule has 0 aliphatic rings. The Kier molecular flexibility index (Phi) is 6.06. The molecule has 2 heteroatoms. The first-order valence-corrected chi connectivity index (χ1v) is 6.60. The molecule has 0 saturated heterocycles. The summed E-state index contributed by atoms with van der Waals surface area (Å²) in [5.41, 5.74) is 2.18. The van der Waals surface area contributed by atoms with E-state index in [1.807, 2.05) is 26.2 Å². The van der Waals surface area contributed by atoms with Crippen LogP contribution in [-0.2, 0) is 0 Å². The number of anilines is 1. The van der Waals surface area contributed by atoms with Crippen LogP contribution >= 0.6 is 0 Å². The summed E-state index contributed by atoms with van der Waals surface area (Å²) in [6, 6.07) is 8.16. The molecule has 1 rings (SSSR count). The molecular formula is C15H25NO. The minimum absolute atomic E-state index is 0.313. The Morgan fingerprint density at radius 3 is 2.59 bits per heavy atom. The molecule has 0 aliphatic heterocycles. The van der Waals surface area contributed by atoms with Gasteiger partial charge in [0.2, 0.25) is 0 Å². The van der Waals surface area contributed by atoms with Gasteiger partial charge in [0, 0.05) is 19.8 Å². The summed E-state index contributed by atoms with van der Waals surface area (Å²) in [5, 5.41) is 10.1. The van der Waals surface area contributed by atoms with E-state index in [1.165, 1.54) is 19.3 Å². The average Bonchev–Trinajstić information content (AvgIpc) is 2.34.